The zero-order valence-electron chi connectivity index (χ0n) is 15.3. The van der Waals surface area contributed by atoms with Gasteiger partial charge in [-0.2, -0.15) is 0 Å². The highest BCUT2D eigenvalue weighted by Gasteiger charge is 2.19. The number of anilines is 2. The van der Waals surface area contributed by atoms with Crippen LogP contribution < -0.4 is 10.6 Å². The molecule has 6 nitrogen and oxygen atoms in total. The second kappa shape index (κ2) is 9.66. The third kappa shape index (κ3) is 5.77. The highest BCUT2D eigenvalue weighted by atomic mass is 32.2. The Morgan fingerprint density at radius 3 is 2.07 bits per heavy atom. The van der Waals surface area contributed by atoms with Gasteiger partial charge in [0.05, 0.1) is 10.1 Å². The number of nitrogens with one attached hydrogen (secondary N) is 2. The molecular formula is C20H20N2O4S2. The van der Waals surface area contributed by atoms with Crippen molar-refractivity contribution in [2.75, 3.05) is 28.7 Å². The van der Waals surface area contributed by atoms with Gasteiger partial charge in [0, 0.05) is 29.8 Å². The Morgan fingerprint density at radius 2 is 1.50 bits per heavy atom. The van der Waals surface area contributed by atoms with Gasteiger partial charge < -0.3 is 15.4 Å². The van der Waals surface area contributed by atoms with E-state index in [9.17, 15) is 14.4 Å². The molecule has 28 heavy (non-hydrogen) atoms. The fourth-order valence-electron chi connectivity index (χ4n) is 2.58. The highest BCUT2D eigenvalue weighted by Crippen LogP contribution is 2.45. The summed E-state index contributed by atoms with van der Waals surface area (Å²) in [5.41, 5.74) is 2.79. The number of rotatable bonds is 6. The van der Waals surface area contributed by atoms with Crippen LogP contribution in [0.4, 0.5) is 11.4 Å². The van der Waals surface area contributed by atoms with Crippen LogP contribution in [-0.2, 0) is 14.3 Å². The Hall–Kier alpha value is -2.45. The van der Waals surface area contributed by atoms with E-state index < -0.39 is 11.9 Å². The zero-order chi connectivity index (χ0) is 19.9. The molecule has 2 aromatic rings. The molecule has 2 aromatic carbocycles. The third-order valence-electron chi connectivity index (χ3n) is 3.86. The summed E-state index contributed by atoms with van der Waals surface area (Å²) in [7, 11) is 0. The monoisotopic (exact) mass is 416 g/mol. The van der Waals surface area contributed by atoms with Crippen LogP contribution in [0.3, 0.4) is 0 Å². The SMILES string of the molecule is CC(=O)Nc1ccc(NC(=O)COC(=O)c2ccc(C3SCCS3)cc2)cc1. The Balaban J connectivity index is 1.47. The first-order valence-electron chi connectivity index (χ1n) is 8.69. The van der Waals surface area contributed by atoms with Crippen molar-refractivity contribution in [2.45, 2.75) is 11.5 Å². The summed E-state index contributed by atoms with van der Waals surface area (Å²) in [6, 6.07) is 14.0. The van der Waals surface area contributed by atoms with E-state index >= 15 is 0 Å². The summed E-state index contributed by atoms with van der Waals surface area (Å²) in [5, 5.41) is 5.28. The molecule has 1 aliphatic heterocycles. The molecular weight excluding hydrogens is 396 g/mol. The fourth-order valence-corrected chi connectivity index (χ4v) is 5.44. The van der Waals surface area contributed by atoms with E-state index in [-0.39, 0.29) is 12.5 Å². The maximum absolute atomic E-state index is 12.1. The zero-order valence-corrected chi connectivity index (χ0v) is 16.9. The lowest BCUT2D eigenvalue weighted by Gasteiger charge is -2.10. The predicted octanol–water partition coefficient (Wildman–Crippen LogP) is 3.92. The summed E-state index contributed by atoms with van der Waals surface area (Å²) < 4.78 is 5.51. The van der Waals surface area contributed by atoms with Gasteiger partial charge in [0.25, 0.3) is 5.91 Å². The summed E-state index contributed by atoms with van der Waals surface area (Å²) >= 11 is 3.80. The minimum Gasteiger partial charge on any atom is -0.452 e. The molecule has 0 aliphatic carbocycles. The number of hydrogen-bond donors (Lipinski definition) is 2. The number of amides is 2. The van der Waals surface area contributed by atoms with E-state index in [1.807, 2.05) is 35.7 Å². The molecule has 0 radical (unpaired) electrons. The van der Waals surface area contributed by atoms with E-state index in [2.05, 4.69) is 10.6 Å². The Kier molecular flexibility index (Phi) is 7.00. The van der Waals surface area contributed by atoms with Gasteiger partial charge in [-0.1, -0.05) is 12.1 Å². The summed E-state index contributed by atoms with van der Waals surface area (Å²) in [5.74, 6) is 1.15. The van der Waals surface area contributed by atoms with E-state index in [1.54, 1.807) is 36.4 Å². The second-order valence-electron chi connectivity index (χ2n) is 6.08. The van der Waals surface area contributed by atoms with Crippen molar-refractivity contribution >= 4 is 52.7 Å². The molecule has 0 aromatic heterocycles. The standard InChI is InChI=1S/C20H20N2O4S2/c1-13(23)21-16-6-8-17(9-7-16)22-18(24)12-26-19(25)14-2-4-15(5-3-14)20-27-10-11-28-20/h2-9,20H,10-12H2,1H3,(H,21,23)(H,22,24). The number of carbonyl (C=O) groups excluding carboxylic acids is 3. The maximum atomic E-state index is 12.1. The smallest absolute Gasteiger partial charge is 0.338 e. The van der Waals surface area contributed by atoms with Crippen LogP contribution in [0.15, 0.2) is 48.5 Å². The van der Waals surface area contributed by atoms with E-state index in [4.69, 9.17) is 4.74 Å². The number of ether oxygens (including phenoxy) is 1. The largest absolute Gasteiger partial charge is 0.452 e. The van der Waals surface area contributed by atoms with Gasteiger partial charge in [-0.05, 0) is 42.0 Å². The Bertz CT molecular complexity index is 848. The summed E-state index contributed by atoms with van der Waals surface area (Å²) in [6.45, 7) is 1.05. The van der Waals surface area contributed by atoms with Crippen LogP contribution >= 0.6 is 23.5 Å². The van der Waals surface area contributed by atoms with Gasteiger partial charge in [0.1, 0.15) is 0 Å². The number of hydrogen-bond acceptors (Lipinski definition) is 6. The molecule has 2 N–H and O–H groups in total. The molecule has 0 bridgehead atoms. The van der Waals surface area contributed by atoms with Crippen LogP contribution in [0.1, 0.15) is 27.4 Å². The van der Waals surface area contributed by atoms with Crippen molar-refractivity contribution in [1.82, 2.24) is 0 Å². The van der Waals surface area contributed by atoms with Crippen LogP contribution in [0.5, 0.6) is 0 Å². The molecule has 2 amide bonds. The molecule has 1 heterocycles. The van der Waals surface area contributed by atoms with Gasteiger partial charge >= 0.3 is 5.97 Å². The molecule has 1 fully saturated rings. The average Bonchev–Trinajstić information content (AvgIpc) is 3.22. The molecule has 8 heteroatoms. The van der Waals surface area contributed by atoms with Gasteiger partial charge in [0.15, 0.2) is 6.61 Å². The summed E-state index contributed by atoms with van der Waals surface area (Å²) in [6.07, 6.45) is 0. The normalized spacial score (nSPS) is 13.8. The van der Waals surface area contributed by atoms with E-state index in [0.29, 0.717) is 21.5 Å². The lowest BCUT2D eigenvalue weighted by atomic mass is 10.1. The Morgan fingerprint density at radius 1 is 0.929 bits per heavy atom. The first-order valence-corrected chi connectivity index (χ1v) is 10.8. The second-order valence-corrected chi connectivity index (χ2v) is 8.80. The fraction of sp³-hybridized carbons (Fsp3) is 0.250. The van der Waals surface area contributed by atoms with Crippen molar-refractivity contribution < 1.29 is 19.1 Å². The van der Waals surface area contributed by atoms with Crippen LogP contribution in [0.25, 0.3) is 0 Å². The molecule has 146 valence electrons. The van der Waals surface area contributed by atoms with Crippen molar-refractivity contribution in [1.29, 1.82) is 0 Å². The van der Waals surface area contributed by atoms with Crippen molar-refractivity contribution in [3.05, 3.63) is 59.7 Å². The van der Waals surface area contributed by atoms with Gasteiger partial charge in [-0.15, -0.1) is 23.5 Å². The molecule has 0 atom stereocenters. The minimum atomic E-state index is -0.533. The van der Waals surface area contributed by atoms with Crippen molar-refractivity contribution in [2.24, 2.45) is 0 Å². The van der Waals surface area contributed by atoms with Crippen LogP contribution in [0.2, 0.25) is 0 Å². The lowest BCUT2D eigenvalue weighted by molar-refractivity contribution is -0.119. The van der Waals surface area contributed by atoms with Gasteiger partial charge in [0.2, 0.25) is 5.91 Å². The van der Waals surface area contributed by atoms with Gasteiger partial charge in [-0.25, -0.2) is 4.79 Å². The van der Waals surface area contributed by atoms with E-state index in [0.717, 1.165) is 11.5 Å². The molecule has 3 rings (SSSR count). The Labute approximate surface area is 171 Å². The quantitative estimate of drug-likeness (QED) is 0.695. The van der Waals surface area contributed by atoms with Crippen LogP contribution in [-0.4, -0.2) is 35.9 Å². The first kappa shape index (κ1) is 20.3. The number of carbonyl (C=O) groups is 3. The topological polar surface area (TPSA) is 84.5 Å². The van der Waals surface area contributed by atoms with E-state index in [1.165, 1.54) is 12.5 Å². The first-order chi connectivity index (χ1) is 13.5. The third-order valence-corrected chi connectivity index (χ3v) is 6.97. The predicted molar refractivity (Wildman–Crippen MR) is 114 cm³/mol. The van der Waals surface area contributed by atoms with Crippen LogP contribution in [0, 0.1) is 0 Å². The van der Waals surface area contributed by atoms with Crippen molar-refractivity contribution in [3.8, 4) is 0 Å². The number of benzene rings is 2. The number of esters is 1. The molecule has 1 aliphatic rings. The highest BCUT2D eigenvalue weighted by molar-refractivity contribution is 8.19. The average molecular weight is 417 g/mol. The molecule has 0 unspecified atom stereocenters. The molecule has 1 saturated heterocycles. The molecule has 0 spiro atoms. The summed E-state index contributed by atoms with van der Waals surface area (Å²) in [4.78, 5) is 35.1. The van der Waals surface area contributed by atoms with Gasteiger partial charge in [-0.3, -0.25) is 9.59 Å². The van der Waals surface area contributed by atoms with Crippen molar-refractivity contribution in [3.63, 3.8) is 0 Å². The molecule has 0 saturated carbocycles. The minimum absolute atomic E-state index is 0.169. The lowest BCUT2D eigenvalue weighted by Crippen LogP contribution is -2.21. The maximum Gasteiger partial charge on any atom is 0.338 e. The number of thioether (sulfide) groups is 2.